The van der Waals surface area contributed by atoms with E-state index in [0.29, 0.717) is 17.1 Å². The van der Waals surface area contributed by atoms with Gasteiger partial charge in [-0.25, -0.2) is 4.79 Å². The fourth-order valence-corrected chi connectivity index (χ4v) is 2.38. The summed E-state index contributed by atoms with van der Waals surface area (Å²) in [6, 6.07) is 9.57. The number of benzene rings is 2. The largest absolute Gasteiger partial charge is 0.573 e. The van der Waals surface area contributed by atoms with Crippen LogP contribution < -0.4 is 19.5 Å². The highest BCUT2D eigenvalue weighted by Crippen LogP contribution is 2.25. The Morgan fingerprint density at radius 3 is 2.23 bits per heavy atom. The van der Waals surface area contributed by atoms with Gasteiger partial charge in [-0.15, -0.1) is 13.2 Å². The van der Waals surface area contributed by atoms with Gasteiger partial charge in [-0.1, -0.05) is 0 Å². The van der Waals surface area contributed by atoms with Crippen molar-refractivity contribution in [2.45, 2.75) is 19.4 Å². The van der Waals surface area contributed by atoms with Gasteiger partial charge in [0.15, 0.2) is 6.10 Å². The van der Waals surface area contributed by atoms with E-state index in [2.05, 4.69) is 10.1 Å². The number of halogens is 3. The number of esters is 1. The Balaban J connectivity index is 1.94. The second-order valence-corrected chi connectivity index (χ2v) is 6.08. The Hall–Kier alpha value is -3.69. The van der Waals surface area contributed by atoms with E-state index in [9.17, 15) is 22.8 Å². The number of carbonyl (C=O) groups excluding carboxylic acids is 2. The number of alkyl halides is 3. The molecule has 1 atom stereocenters. The molecule has 166 valence electrons. The maximum Gasteiger partial charge on any atom is 0.573 e. The van der Waals surface area contributed by atoms with Crippen molar-refractivity contribution in [2.24, 2.45) is 0 Å². The first-order valence-corrected chi connectivity index (χ1v) is 8.88. The van der Waals surface area contributed by atoms with Gasteiger partial charge < -0.3 is 24.3 Å². The Morgan fingerprint density at radius 2 is 1.65 bits per heavy atom. The quantitative estimate of drug-likeness (QED) is 0.491. The number of methoxy groups -OCH3 is 2. The summed E-state index contributed by atoms with van der Waals surface area (Å²) in [5.74, 6) is -0.795. The highest BCUT2D eigenvalue weighted by Gasteiger charge is 2.31. The van der Waals surface area contributed by atoms with Crippen molar-refractivity contribution in [3.63, 3.8) is 0 Å². The van der Waals surface area contributed by atoms with Crippen LogP contribution in [0.1, 0.15) is 12.5 Å². The summed E-state index contributed by atoms with van der Waals surface area (Å²) in [6.45, 7) is 1.36. The molecule has 2 aromatic carbocycles. The molecule has 7 nitrogen and oxygen atoms in total. The number of nitrogens with one attached hydrogen (secondary N) is 1. The minimum atomic E-state index is -4.81. The smallest absolute Gasteiger partial charge is 0.497 e. The lowest BCUT2D eigenvalue weighted by molar-refractivity contribution is -0.274. The van der Waals surface area contributed by atoms with Crippen LogP contribution in [-0.2, 0) is 14.3 Å². The molecule has 0 unspecified atom stereocenters. The molecule has 0 fully saturated rings. The number of rotatable bonds is 8. The fourth-order valence-electron chi connectivity index (χ4n) is 2.38. The first kappa shape index (κ1) is 23.6. The summed E-state index contributed by atoms with van der Waals surface area (Å²) >= 11 is 0. The molecule has 2 aromatic rings. The van der Waals surface area contributed by atoms with Crippen LogP contribution in [0.5, 0.6) is 17.2 Å². The maximum atomic E-state index is 12.2. The first-order valence-electron chi connectivity index (χ1n) is 8.88. The van der Waals surface area contributed by atoms with Crippen LogP contribution in [0.4, 0.5) is 18.9 Å². The van der Waals surface area contributed by atoms with Crippen LogP contribution in [0, 0.1) is 0 Å². The summed E-state index contributed by atoms with van der Waals surface area (Å²) in [5.41, 5.74) is 0.774. The Labute approximate surface area is 176 Å². The zero-order valence-corrected chi connectivity index (χ0v) is 16.9. The van der Waals surface area contributed by atoms with E-state index >= 15 is 0 Å². The summed E-state index contributed by atoms with van der Waals surface area (Å²) < 4.78 is 55.6. The van der Waals surface area contributed by atoms with E-state index in [-0.39, 0.29) is 5.69 Å². The highest BCUT2D eigenvalue weighted by atomic mass is 19.4. The third-order valence-electron chi connectivity index (χ3n) is 3.85. The van der Waals surface area contributed by atoms with E-state index in [4.69, 9.17) is 14.2 Å². The van der Waals surface area contributed by atoms with Gasteiger partial charge in [0, 0.05) is 17.3 Å². The average Bonchev–Trinajstić information content (AvgIpc) is 2.72. The molecule has 0 aromatic heterocycles. The van der Waals surface area contributed by atoms with Crippen molar-refractivity contribution in [1.29, 1.82) is 0 Å². The van der Waals surface area contributed by atoms with Gasteiger partial charge in [0.1, 0.15) is 17.2 Å². The average molecular weight is 439 g/mol. The summed E-state index contributed by atoms with van der Waals surface area (Å²) in [5, 5.41) is 2.43. The zero-order chi connectivity index (χ0) is 23.0. The van der Waals surface area contributed by atoms with Crippen molar-refractivity contribution < 1.29 is 41.7 Å². The molecule has 31 heavy (non-hydrogen) atoms. The van der Waals surface area contributed by atoms with Crippen molar-refractivity contribution in [2.75, 3.05) is 19.5 Å². The number of anilines is 1. The lowest BCUT2D eigenvalue weighted by Gasteiger charge is -2.13. The van der Waals surface area contributed by atoms with Crippen LogP contribution in [0.25, 0.3) is 6.08 Å². The molecule has 0 spiro atoms. The monoisotopic (exact) mass is 439 g/mol. The van der Waals surface area contributed by atoms with Gasteiger partial charge >= 0.3 is 12.3 Å². The van der Waals surface area contributed by atoms with E-state index in [1.807, 2.05) is 0 Å². The minimum absolute atomic E-state index is 0.207. The molecule has 0 saturated carbocycles. The lowest BCUT2D eigenvalue weighted by atomic mass is 10.1. The summed E-state index contributed by atoms with van der Waals surface area (Å²) in [4.78, 5) is 24.2. The molecule has 0 bridgehead atoms. The van der Waals surface area contributed by atoms with Crippen LogP contribution in [-0.4, -0.2) is 38.6 Å². The second-order valence-electron chi connectivity index (χ2n) is 6.08. The zero-order valence-electron chi connectivity index (χ0n) is 16.9. The van der Waals surface area contributed by atoms with E-state index in [1.165, 1.54) is 39.4 Å². The van der Waals surface area contributed by atoms with Crippen molar-refractivity contribution in [3.8, 4) is 17.2 Å². The van der Waals surface area contributed by atoms with Crippen molar-refractivity contribution in [1.82, 2.24) is 0 Å². The molecule has 10 heteroatoms. The molecule has 0 aliphatic carbocycles. The third-order valence-corrected chi connectivity index (χ3v) is 3.85. The van der Waals surface area contributed by atoms with Crippen LogP contribution in [0.3, 0.4) is 0 Å². The fraction of sp³-hybridized carbons (Fsp3) is 0.238. The Bertz CT molecular complexity index is 941. The molecule has 0 aliphatic heterocycles. The van der Waals surface area contributed by atoms with Gasteiger partial charge in [0.25, 0.3) is 5.91 Å². The SMILES string of the molecule is COc1ccc(OC)c(/C=C\C(=O)O[C@H](C)C(=O)Nc2ccc(OC(F)(F)F)cc2)c1. The minimum Gasteiger partial charge on any atom is -0.497 e. The molecule has 2 rings (SSSR count). The molecule has 1 N–H and O–H groups in total. The topological polar surface area (TPSA) is 83.1 Å². The van der Waals surface area contributed by atoms with Gasteiger partial charge in [0.05, 0.1) is 14.2 Å². The van der Waals surface area contributed by atoms with Gasteiger partial charge in [-0.3, -0.25) is 4.79 Å². The predicted octanol–water partition coefficient (Wildman–Crippen LogP) is 4.19. The standard InChI is InChI=1S/C21H20F3NO6/c1-13(20(27)25-15-5-7-16(8-6-15)31-21(22,23)24)30-19(26)11-4-14-12-17(28-2)9-10-18(14)29-3/h4-13H,1-3H3,(H,25,27)/b11-4-/t13-/m1/s1. The first-order chi connectivity index (χ1) is 14.6. The molecule has 0 radical (unpaired) electrons. The van der Waals surface area contributed by atoms with Crippen LogP contribution in [0.2, 0.25) is 0 Å². The van der Waals surface area contributed by atoms with Crippen LogP contribution >= 0.6 is 0 Å². The Morgan fingerprint density at radius 1 is 1.00 bits per heavy atom. The third kappa shape index (κ3) is 7.57. The van der Waals surface area contributed by atoms with Gasteiger partial charge in [-0.05, 0) is 55.5 Å². The molecule has 1 amide bonds. The Kier molecular flexibility index (Phi) is 7.89. The molecule has 0 saturated heterocycles. The number of amides is 1. The van der Waals surface area contributed by atoms with E-state index in [1.54, 1.807) is 18.2 Å². The van der Waals surface area contributed by atoms with Crippen LogP contribution in [0.15, 0.2) is 48.5 Å². The second kappa shape index (κ2) is 10.4. The number of carbonyl (C=O) groups is 2. The molecule has 0 aliphatic rings. The number of hydrogen-bond acceptors (Lipinski definition) is 6. The van der Waals surface area contributed by atoms with E-state index in [0.717, 1.165) is 18.2 Å². The van der Waals surface area contributed by atoms with Crippen molar-refractivity contribution in [3.05, 3.63) is 54.1 Å². The normalized spacial score (nSPS) is 12.2. The molecule has 0 heterocycles. The number of ether oxygens (including phenoxy) is 4. The maximum absolute atomic E-state index is 12.2. The number of hydrogen-bond donors (Lipinski definition) is 1. The highest BCUT2D eigenvalue weighted by molar-refractivity contribution is 5.96. The van der Waals surface area contributed by atoms with Crippen molar-refractivity contribution >= 4 is 23.6 Å². The molecular formula is C21H20F3NO6. The lowest BCUT2D eigenvalue weighted by Crippen LogP contribution is -2.29. The summed E-state index contributed by atoms with van der Waals surface area (Å²) in [6.07, 6.45) is -3.39. The van der Waals surface area contributed by atoms with Gasteiger partial charge in [-0.2, -0.15) is 0 Å². The molecular weight excluding hydrogens is 419 g/mol. The predicted molar refractivity (Wildman–Crippen MR) is 106 cm³/mol. The van der Waals surface area contributed by atoms with E-state index < -0.39 is 30.1 Å². The summed E-state index contributed by atoms with van der Waals surface area (Å²) in [7, 11) is 2.98. The van der Waals surface area contributed by atoms with Gasteiger partial charge in [0.2, 0.25) is 0 Å².